The maximum Gasteiger partial charge on any atom is 0.271 e. The Bertz CT molecular complexity index is 882. The molecule has 0 radical (unpaired) electrons. The zero-order valence-corrected chi connectivity index (χ0v) is 17.9. The number of methoxy groups -OCH3 is 1. The Hall–Kier alpha value is -2.13. The first-order valence-corrected chi connectivity index (χ1v) is 9.07. The van der Waals surface area contributed by atoms with Crippen molar-refractivity contribution in [1.29, 1.82) is 0 Å². The summed E-state index contributed by atoms with van der Waals surface area (Å²) < 4.78 is 7.10. The maximum absolute atomic E-state index is 12.7. The van der Waals surface area contributed by atoms with Gasteiger partial charge in [0.1, 0.15) is 23.3 Å². The Morgan fingerprint density at radius 2 is 2.04 bits per heavy atom. The Morgan fingerprint density at radius 3 is 2.61 bits per heavy atom. The number of aromatic nitrogens is 3. The van der Waals surface area contributed by atoms with Crippen LogP contribution < -0.4 is 15.8 Å². The highest BCUT2D eigenvalue weighted by molar-refractivity contribution is 7.09. The largest absolute Gasteiger partial charge is 0.497 e. The third kappa shape index (κ3) is 5.45. The van der Waals surface area contributed by atoms with Gasteiger partial charge in [-0.25, -0.2) is 9.97 Å². The van der Waals surface area contributed by atoms with Crippen LogP contribution >= 0.6 is 36.2 Å². The zero-order valence-electron chi connectivity index (χ0n) is 15.5. The van der Waals surface area contributed by atoms with Crippen LogP contribution in [-0.2, 0) is 13.5 Å². The molecule has 152 valence electrons. The number of rotatable bonds is 7. The average molecular weight is 444 g/mol. The number of carbonyl (C=O) groups is 1. The molecule has 3 rings (SSSR count). The topological polar surface area (TPSA) is 95.1 Å². The van der Waals surface area contributed by atoms with Crippen LogP contribution in [0.15, 0.2) is 42.0 Å². The van der Waals surface area contributed by atoms with Gasteiger partial charge in [0.15, 0.2) is 0 Å². The summed E-state index contributed by atoms with van der Waals surface area (Å²) in [6.45, 7) is 0.510. The minimum atomic E-state index is -0.395. The third-order valence-electron chi connectivity index (χ3n) is 3.98. The van der Waals surface area contributed by atoms with Crippen LogP contribution in [-0.4, -0.2) is 34.1 Å². The lowest BCUT2D eigenvalue weighted by atomic mass is 10.1. The number of imidazole rings is 1. The first-order chi connectivity index (χ1) is 12.6. The first-order valence-electron chi connectivity index (χ1n) is 8.19. The molecule has 7 nitrogen and oxygen atoms in total. The summed E-state index contributed by atoms with van der Waals surface area (Å²) in [6.07, 6.45) is 4.22. The predicted octanol–water partition coefficient (Wildman–Crippen LogP) is 2.75. The van der Waals surface area contributed by atoms with Gasteiger partial charge in [0, 0.05) is 31.2 Å². The monoisotopic (exact) mass is 443 g/mol. The fourth-order valence-corrected chi connectivity index (χ4v) is 3.40. The second-order valence-corrected chi connectivity index (χ2v) is 6.68. The molecule has 0 aliphatic carbocycles. The lowest BCUT2D eigenvalue weighted by molar-refractivity contribution is 0.0936. The van der Waals surface area contributed by atoms with Crippen molar-refractivity contribution < 1.29 is 9.53 Å². The number of carbonyl (C=O) groups excluding carboxylic acids is 1. The van der Waals surface area contributed by atoms with E-state index < -0.39 is 6.04 Å². The van der Waals surface area contributed by atoms with Crippen LogP contribution in [0, 0.1) is 0 Å². The van der Waals surface area contributed by atoms with Gasteiger partial charge < -0.3 is 20.4 Å². The molecule has 0 fully saturated rings. The van der Waals surface area contributed by atoms with E-state index in [1.54, 1.807) is 18.7 Å². The van der Waals surface area contributed by atoms with Crippen molar-refractivity contribution in [2.75, 3.05) is 13.7 Å². The number of ether oxygens (including phenoxy) is 1. The van der Waals surface area contributed by atoms with E-state index in [-0.39, 0.29) is 30.7 Å². The van der Waals surface area contributed by atoms with Gasteiger partial charge >= 0.3 is 0 Å². The quantitative estimate of drug-likeness (QED) is 0.585. The van der Waals surface area contributed by atoms with Gasteiger partial charge in [-0.2, -0.15) is 0 Å². The van der Waals surface area contributed by atoms with Crippen molar-refractivity contribution >= 4 is 42.1 Å². The first kappa shape index (κ1) is 23.9. The smallest absolute Gasteiger partial charge is 0.271 e. The van der Waals surface area contributed by atoms with E-state index in [9.17, 15) is 4.79 Å². The number of benzene rings is 1. The SMILES string of the molecule is COc1ccc(C(NC(=O)c2csc(CCN)n2)c2nccn2C)cc1.Cl.Cl. The van der Waals surface area contributed by atoms with Crippen LogP contribution in [0.25, 0.3) is 0 Å². The molecule has 3 aromatic rings. The molecule has 10 heteroatoms. The highest BCUT2D eigenvalue weighted by Crippen LogP contribution is 2.23. The van der Waals surface area contributed by atoms with E-state index in [4.69, 9.17) is 10.5 Å². The summed E-state index contributed by atoms with van der Waals surface area (Å²) >= 11 is 1.44. The second-order valence-electron chi connectivity index (χ2n) is 5.74. The molecule has 0 aliphatic heterocycles. The fraction of sp³-hybridized carbons (Fsp3) is 0.278. The van der Waals surface area contributed by atoms with Crippen LogP contribution in [0.3, 0.4) is 0 Å². The molecule has 28 heavy (non-hydrogen) atoms. The van der Waals surface area contributed by atoms with Crippen LogP contribution in [0.1, 0.15) is 32.9 Å². The molecule has 1 atom stereocenters. The lowest BCUT2D eigenvalue weighted by Crippen LogP contribution is -2.31. The molecule has 0 spiro atoms. The second kappa shape index (κ2) is 11.0. The summed E-state index contributed by atoms with van der Waals surface area (Å²) in [5, 5.41) is 5.65. The van der Waals surface area contributed by atoms with Gasteiger partial charge in [0.05, 0.1) is 12.1 Å². The minimum absolute atomic E-state index is 0. The average Bonchev–Trinajstić information content (AvgIpc) is 3.29. The fourth-order valence-electron chi connectivity index (χ4n) is 2.61. The summed E-state index contributed by atoms with van der Waals surface area (Å²) in [5.74, 6) is 1.25. The Labute approximate surface area is 180 Å². The number of hydrogen-bond donors (Lipinski definition) is 2. The molecule has 0 saturated carbocycles. The van der Waals surface area contributed by atoms with Crippen molar-refractivity contribution in [2.45, 2.75) is 12.5 Å². The van der Waals surface area contributed by atoms with Gasteiger partial charge in [-0.05, 0) is 24.2 Å². The van der Waals surface area contributed by atoms with E-state index in [0.29, 0.717) is 18.7 Å². The molecule has 0 saturated heterocycles. The third-order valence-corrected chi connectivity index (χ3v) is 4.89. The van der Waals surface area contributed by atoms with E-state index in [2.05, 4.69) is 15.3 Å². The van der Waals surface area contributed by atoms with Crippen molar-refractivity contribution in [2.24, 2.45) is 12.8 Å². The van der Waals surface area contributed by atoms with Crippen molar-refractivity contribution in [3.05, 3.63) is 64.1 Å². The van der Waals surface area contributed by atoms with E-state index in [1.807, 2.05) is 42.1 Å². The minimum Gasteiger partial charge on any atom is -0.497 e. The Balaban J connectivity index is 0.00000196. The molecule has 1 aromatic carbocycles. The van der Waals surface area contributed by atoms with Crippen molar-refractivity contribution in [1.82, 2.24) is 19.9 Å². The van der Waals surface area contributed by atoms with Crippen LogP contribution in [0.4, 0.5) is 0 Å². The number of amides is 1. The molecule has 0 bridgehead atoms. The van der Waals surface area contributed by atoms with Gasteiger partial charge in [0.2, 0.25) is 0 Å². The van der Waals surface area contributed by atoms with Gasteiger partial charge in [-0.15, -0.1) is 36.2 Å². The molecule has 0 aliphatic rings. The number of nitrogens with zero attached hydrogens (tertiary/aromatic N) is 3. The maximum atomic E-state index is 12.7. The van der Waals surface area contributed by atoms with Gasteiger partial charge in [-0.1, -0.05) is 12.1 Å². The Kier molecular flexibility index (Phi) is 9.40. The van der Waals surface area contributed by atoms with Crippen molar-refractivity contribution in [3.8, 4) is 5.75 Å². The summed E-state index contributed by atoms with van der Waals surface area (Å²) in [4.78, 5) is 21.5. The number of nitrogens with one attached hydrogen (secondary N) is 1. The summed E-state index contributed by atoms with van der Waals surface area (Å²) in [6, 6.07) is 7.16. The van der Waals surface area contributed by atoms with E-state index in [0.717, 1.165) is 22.1 Å². The highest BCUT2D eigenvalue weighted by atomic mass is 35.5. The van der Waals surface area contributed by atoms with Gasteiger partial charge in [-0.3, -0.25) is 4.79 Å². The normalized spacial score (nSPS) is 11.1. The number of thiazole rings is 1. The standard InChI is InChI=1S/C18H21N5O2S.2ClH/c1-23-10-9-20-17(23)16(12-3-5-13(25-2)6-4-12)22-18(24)14-11-26-15(21-14)7-8-19;;/h3-6,9-11,16H,7-8,19H2,1-2H3,(H,22,24);2*1H. The molecule has 1 unspecified atom stereocenters. The molecular weight excluding hydrogens is 421 g/mol. The van der Waals surface area contributed by atoms with Crippen molar-refractivity contribution in [3.63, 3.8) is 0 Å². The zero-order chi connectivity index (χ0) is 18.5. The summed E-state index contributed by atoms with van der Waals surface area (Å²) in [5.41, 5.74) is 6.85. The number of aryl methyl sites for hydroxylation is 1. The molecule has 2 heterocycles. The molecular formula is C18H23Cl2N5O2S. The molecule has 3 N–H and O–H groups in total. The van der Waals surface area contributed by atoms with Crippen LogP contribution in [0.5, 0.6) is 5.75 Å². The lowest BCUT2D eigenvalue weighted by Gasteiger charge is -2.19. The van der Waals surface area contributed by atoms with Gasteiger partial charge in [0.25, 0.3) is 5.91 Å². The number of nitrogens with two attached hydrogens (primary N) is 1. The Morgan fingerprint density at radius 1 is 1.32 bits per heavy atom. The number of hydrogen-bond acceptors (Lipinski definition) is 6. The molecule has 2 aromatic heterocycles. The predicted molar refractivity (Wildman–Crippen MR) is 115 cm³/mol. The van der Waals surface area contributed by atoms with Crippen LogP contribution in [0.2, 0.25) is 0 Å². The highest BCUT2D eigenvalue weighted by Gasteiger charge is 2.22. The van der Waals surface area contributed by atoms with E-state index >= 15 is 0 Å². The summed E-state index contributed by atoms with van der Waals surface area (Å²) in [7, 11) is 3.52. The van der Waals surface area contributed by atoms with E-state index in [1.165, 1.54) is 11.3 Å². The number of halogens is 2. The molecule has 1 amide bonds.